The van der Waals surface area contributed by atoms with Crippen LogP contribution in [-0.2, 0) is 6.42 Å². The number of fused-ring (bicyclic) bond motifs is 1. The fraction of sp³-hybridized carbons (Fsp3) is 0.500. The van der Waals surface area contributed by atoms with E-state index in [1.54, 1.807) is 6.07 Å². The van der Waals surface area contributed by atoms with E-state index in [4.69, 9.17) is 16.3 Å². The molecule has 1 aromatic rings. The first-order chi connectivity index (χ1) is 8.22. The van der Waals surface area contributed by atoms with Crippen LogP contribution in [0.25, 0.3) is 0 Å². The van der Waals surface area contributed by atoms with Crippen molar-refractivity contribution in [2.24, 2.45) is 0 Å². The van der Waals surface area contributed by atoms with Crippen LogP contribution < -0.4 is 4.74 Å². The molecule has 0 amide bonds. The van der Waals surface area contributed by atoms with Gasteiger partial charge >= 0.3 is 0 Å². The van der Waals surface area contributed by atoms with Crippen molar-refractivity contribution in [1.29, 1.82) is 0 Å². The number of rotatable bonds is 5. The molecule has 0 aromatic heterocycles. The van der Waals surface area contributed by atoms with Gasteiger partial charge in [-0.05, 0) is 24.1 Å². The van der Waals surface area contributed by atoms with Gasteiger partial charge in [-0.1, -0.05) is 31.4 Å². The molecule has 17 heavy (non-hydrogen) atoms. The Morgan fingerprint density at radius 3 is 3.00 bits per heavy atom. The maximum atomic E-state index is 12.1. The molecule has 3 heteroatoms. The molecule has 0 saturated carbocycles. The molecule has 0 unspecified atom stereocenters. The molecule has 1 aromatic carbocycles. The highest BCUT2D eigenvalue weighted by Crippen LogP contribution is 2.33. The van der Waals surface area contributed by atoms with Crippen molar-refractivity contribution in [2.45, 2.75) is 39.0 Å². The summed E-state index contributed by atoms with van der Waals surface area (Å²) in [6.07, 6.45) is 4.60. The zero-order valence-electron chi connectivity index (χ0n) is 10.1. The molecule has 0 fully saturated rings. The first-order valence-electron chi connectivity index (χ1n) is 6.20. The molecule has 0 atom stereocenters. The summed E-state index contributed by atoms with van der Waals surface area (Å²) < 4.78 is 5.53. The molecular formula is C14H17ClO2. The largest absolute Gasteiger partial charge is 0.492 e. The molecule has 0 N–H and O–H groups in total. The Morgan fingerprint density at radius 2 is 2.24 bits per heavy atom. The van der Waals surface area contributed by atoms with Crippen molar-refractivity contribution >= 4 is 17.4 Å². The molecule has 0 aliphatic carbocycles. The van der Waals surface area contributed by atoms with E-state index in [9.17, 15) is 4.79 Å². The summed E-state index contributed by atoms with van der Waals surface area (Å²) in [5.41, 5.74) is 1.73. The lowest BCUT2D eigenvalue weighted by Gasteiger charge is -2.07. The number of benzene rings is 1. The number of carbonyl (C=O) groups is 1. The van der Waals surface area contributed by atoms with Gasteiger partial charge in [0.25, 0.3) is 0 Å². The van der Waals surface area contributed by atoms with Crippen LogP contribution in [0.5, 0.6) is 5.75 Å². The van der Waals surface area contributed by atoms with Crippen molar-refractivity contribution in [3.05, 3.63) is 28.3 Å². The van der Waals surface area contributed by atoms with E-state index in [0.717, 1.165) is 37.0 Å². The summed E-state index contributed by atoms with van der Waals surface area (Å²) in [7, 11) is 0. The molecule has 1 aliphatic rings. The van der Waals surface area contributed by atoms with Gasteiger partial charge in [-0.15, -0.1) is 0 Å². The third-order valence-corrected chi connectivity index (χ3v) is 3.27. The van der Waals surface area contributed by atoms with Crippen LogP contribution >= 0.6 is 11.6 Å². The maximum absolute atomic E-state index is 12.1. The summed E-state index contributed by atoms with van der Waals surface area (Å²) in [6, 6.07) is 3.63. The zero-order valence-corrected chi connectivity index (χ0v) is 10.8. The first-order valence-corrected chi connectivity index (χ1v) is 6.58. The Labute approximate surface area is 107 Å². The van der Waals surface area contributed by atoms with Crippen molar-refractivity contribution in [3.8, 4) is 5.75 Å². The van der Waals surface area contributed by atoms with Crippen LogP contribution in [0.3, 0.4) is 0 Å². The number of halogens is 1. The first kappa shape index (κ1) is 12.4. The number of ether oxygens (including phenoxy) is 1. The van der Waals surface area contributed by atoms with Crippen LogP contribution in [0.15, 0.2) is 12.1 Å². The summed E-state index contributed by atoms with van der Waals surface area (Å²) in [5.74, 6) is 0.912. The third kappa shape index (κ3) is 2.81. The van der Waals surface area contributed by atoms with E-state index in [1.165, 1.54) is 0 Å². The number of Topliss-reactive ketones (excluding diaryl/α,β-unsaturated/α-hetero) is 1. The number of ketones is 1. The molecule has 2 rings (SSSR count). The topological polar surface area (TPSA) is 26.3 Å². The van der Waals surface area contributed by atoms with E-state index < -0.39 is 0 Å². The van der Waals surface area contributed by atoms with Crippen molar-refractivity contribution in [3.63, 3.8) is 0 Å². The minimum absolute atomic E-state index is 0.152. The smallest absolute Gasteiger partial charge is 0.166 e. The van der Waals surface area contributed by atoms with E-state index in [2.05, 4.69) is 6.92 Å². The molecule has 0 radical (unpaired) electrons. The summed E-state index contributed by atoms with van der Waals surface area (Å²) in [6.45, 7) is 2.79. The van der Waals surface area contributed by atoms with Gasteiger partial charge in [0.15, 0.2) is 5.78 Å². The lowest BCUT2D eigenvalue weighted by atomic mass is 10.0. The standard InChI is InChI=1S/C14H17ClO2/c1-2-3-4-5-13(16)12-9-11(15)8-10-6-7-17-14(10)12/h8-9H,2-7H2,1H3. The summed E-state index contributed by atoms with van der Waals surface area (Å²) in [5, 5.41) is 0.632. The highest BCUT2D eigenvalue weighted by Gasteiger charge is 2.21. The van der Waals surface area contributed by atoms with Crippen LogP contribution in [0, 0.1) is 0 Å². The fourth-order valence-corrected chi connectivity index (χ4v) is 2.39. The highest BCUT2D eigenvalue weighted by molar-refractivity contribution is 6.31. The Balaban J connectivity index is 2.17. The predicted octanol–water partition coefficient (Wildman–Crippen LogP) is 4.04. The van der Waals surface area contributed by atoms with Gasteiger partial charge in [0.1, 0.15) is 5.75 Å². The number of hydrogen-bond acceptors (Lipinski definition) is 2. The second-order valence-electron chi connectivity index (χ2n) is 4.42. The molecule has 92 valence electrons. The van der Waals surface area contributed by atoms with E-state index in [1.807, 2.05) is 6.07 Å². The van der Waals surface area contributed by atoms with Gasteiger partial charge in [-0.25, -0.2) is 0 Å². The fourth-order valence-electron chi connectivity index (χ4n) is 2.15. The van der Waals surface area contributed by atoms with Crippen molar-refractivity contribution in [2.75, 3.05) is 6.61 Å². The third-order valence-electron chi connectivity index (χ3n) is 3.06. The minimum Gasteiger partial charge on any atom is -0.492 e. The van der Waals surface area contributed by atoms with Gasteiger partial charge < -0.3 is 4.74 Å². The van der Waals surface area contributed by atoms with E-state index in [-0.39, 0.29) is 5.78 Å². The summed E-state index contributed by atoms with van der Waals surface area (Å²) >= 11 is 6.03. The van der Waals surface area contributed by atoms with Gasteiger partial charge in [-0.2, -0.15) is 0 Å². The van der Waals surface area contributed by atoms with Crippen LogP contribution in [-0.4, -0.2) is 12.4 Å². The normalized spacial score (nSPS) is 13.3. The molecular weight excluding hydrogens is 236 g/mol. The quantitative estimate of drug-likeness (QED) is 0.584. The number of unbranched alkanes of at least 4 members (excludes halogenated alkanes) is 2. The van der Waals surface area contributed by atoms with Crippen LogP contribution in [0.1, 0.15) is 48.5 Å². The maximum Gasteiger partial charge on any atom is 0.166 e. The molecule has 0 saturated heterocycles. The molecule has 1 aliphatic heterocycles. The second kappa shape index (κ2) is 5.54. The summed E-state index contributed by atoms with van der Waals surface area (Å²) in [4.78, 5) is 12.1. The predicted molar refractivity (Wildman–Crippen MR) is 69.1 cm³/mol. The lowest BCUT2D eigenvalue weighted by Crippen LogP contribution is -2.02. The second-order valence-corrected chi connectivity index (χ2v) is 4.86. The number of carbonyl (C=O) groups excluding carboxylic acids is 1. The lowest BCUT2D eigenvalue weighted by molar-refractivity contribution is 0.0976. The monoisotopic (exact) mass is 252 g/mol. The molecule has 0 spiro atoms. The highest BCUT2D eigenvalue weighted by atomic mass is 35.5. The van der Waals surface area contributed by atoms with E-state index in [0.29, 0.717) is 23.6 Å². The Bertz CT molecular complexity index is 426. The Morgan fingerprint density at radius 1 is 1.41 bits per heavy atom. The van der Waals surface area contributed by atoms with Crippen molar-refractivity contribution in [1.82, 2.24) is 0 Å². The van der Waals surface area contributed by atoms with Gasteiger partial charge in [0.2, 0.25) is 0 Å². The van der Waals surface area contributed by atoms with E-state index >= 15 is 0 Å². The van der Waals surface area contributed by atoms with Crippen molar-refractivity contribution < 1.29 is 9.53 Å². The molecule has 1 heterocycles. The molecule has 0 bridgehead atoms. The van der Waals surface area contributed by atoms with Crippen LogP contribution in [0.2, 0.25) is 5.02 Å². The Hall–Kier alpha value is -1.02. The zero-order chi connectivity index (χ0) is 12.3. The average molecular weight is 253 g/mol. The van der Waals surface area contributed by atoms with Gasteiger partial charge in [0, 0.05) is 17.9 Å². The minimum atomic E-state index is 0.152. The van der Waals surface area contributed by atoms with Gasteiger partial charge in [-0.3, -0.25) is 4.79 Å². The SMILES string of the molecule is CCCCCC(=O)c1cc(Cl)cc2c1OCC2. The average Bonchev–Trinajstić information content (AvgIpc) is 2.75. The van der Waals surface area contributed by atoms with Crippen LogP contribution in [0.4, 0.5) is 0 Å². The Kier molecular flexibility index (Phi) is 4.06. The molecule has 2 nitrogen and oxygen atoms in total. The number of hydrogen-bond donors (Lipinski definition) is 0. The van der Waals surface area contributed by atoms with Gasteiger partial charge in [0.05, 0.1) is 12.2 Å².